The van der Waals surface area contributed by atoms with Gasteiger partial charge in [0.25, 0.3) is 0 Å². The van der Waals surface area contributed by atoms with Crippen LogP contribution in [0.15, 0.2) is 30.3 Å². The van der Waals surface area contributed by atoms with Crippen molar-refractivity contribution in [3.05, 3.63) is 35.9 Å². The molecule has 0 radical (unpaired) electrons. The first-order valence-corrected chi connectivity index (χ1v) is 8.00. The van der Waals surface area contributed by atoms with E-state index in [0.29, 0.717) is 12.5 Å². The summed E-state index contributed by atoms with van der Waals surface area (Å²) >= 11 is 0. The molecule has 2 fully saturated rings. The second-order valence-electron chi connectivity index (χ2n) is 6.18. The van der Waals surface area contributed by atoms with Gasteiger partial charge >= 0.3 is 6.09 Å². The highest BCUT2D eigenvalue weighted by Crippen LogP contribution is 2.21. The van der Waals surface area contributed by atoms with Crippen molar-refractivity contribution in [1.29, 1.82) is 0 Å². The Morgan fingerprint density at radius 1 is 1.24 bits per heavy atom. The number of benzene rings is 1. The van der Waals surface area contributed by atoms with Gasteiger partial charge in [-0.05, 0) is 37.3 Å². The van der Waals surface area contributed by atoms with Gasteiger partial charge in [0.1, 0.15) is 6.61 Å². The third kappa shape index (κ3) is 3.97. The summed E-state index contributed by atoms with van der Waals surface area (Å²) in [6, 6.07) is 10.6. The summed E-state index contributed by atoms with van der Waals surface area (Å²) in [6.45, 7) is 3.05. The van der Waals surface area contributed by atoms with Crippen molar-refractivity contribution in [2.24, 2.45) is 5.92 Å². The van der Waals surface area contributed by atoms with Crippen LogP contribution >= 0.6 is 0 Å². The number of nitrogens with zero attached hydrogens (tertiary/aromatic N) is 1. The molecule has 4 heteroatoms. The molecule has 1 saturated carbocycles. The molecule has 1 aliphatic carbocycles. The van der Waals surface area contributed by atoms with E-state index in [1.807, 2.05) is 35.2 Å². The lowest BCUT2D eigenvalue weighted by Crippen LogP contribution is -2.39. The highest BCUT2D eigenvalue weighted by atomic mass is 16.6. The lowest BCUT2D eigenvalue weighted by Gasteiger charge is -2.28. The number of hydrogen-bond acceptors (Lipinski definition) is 3. The molecule has 1 aromatic carbocycles. The van der Waals surface area contributed by atoms with Gasteiger partial charge < -0.3 is 15.0 Å². The van der Waals surface area contributed by atoms with E-state index in [0.717, 1.165) is 37.7 Å². The number of likely N-dealkylation sites (tertiary alicyclic amines) is 1. The van der Waals surface area contributed by atoms with Crippen LogP contribution in [0.3, 0.4) is 0 Å². The summed E-state index contributed by atoms with van der Waals surface area (Å²) in [7, 11) is 0. The third-order valence-electron chi connectivity index (χ3n) is 4.55. The van der Waals surface area contributed by atoms with Crippen molar-refractivity contribution in [1.82, 2.24) is 10.2 Å². The average Bonchev–Trinajstić information content (AvgIpc) is 2.93. The van der Waals surface area contributed by atoms with Crippen LogP contribution in [0.4, 0.5) is 4.79 Å². The molecule has 1 aromatic rings. The smallest absolute Gasteiger partial charge is 0.410 e. The van der Waals surface area contributed by atoms with E-state index in [9.17, 15) is 4.79 Å². The Kier molecular flexibility index (Phi) is 4.76. The van der Waals surface area contributed by atoms with Crippen molar-refractivity contribution in [2.45, 2.75) is 38.3 Å². The van der Waals surface area contributed by atoms with Crippen molar-refractivity contribution in [2.75, 3.05) is 19.6 Å². The Balaban J connectivity index is 1.37. The van der Waals surface area contributed by atoms with E-state index in [-0.39, 0.29) is 6.09 Å². The Morgan fingerprint density at radius 2 is 2.05 bits per heavy atom. The van der Waals surface area contributed by atoms with Crippen LogP contribution < -0.4 is 5.32 Å². The minimum Gasteiger partial charge on any atom is -0.445 e. The molecule has 114 valence electrons. The molecule has 3 rings (SSSR count). The number of hydrogen-bond donors (Lipinski definition) is 1. The molecule has 4 nitrogen and oxygen atoms in total. The molecular weight excluding hydrogens is 264 g/mol. The number of ether oxygens (including phenoxy) is 1. The maximum atomic E-state index is 12.1. The van der Waals surface area contributed by atoms with Crippen LogP contribution in [-0.4, -0.2) is 36.7 Å². The van der Waals surface area contributed by atoms with E-state index in [4.69, 9.17) is 4.74 Å². The van der Waals surface area contributed by atoms with Gasteiger partial charge in [0.05, 0.1) is 0 Å². The minimum absolute atomic E-state index is 0.176. The minimum atomic E-state index is -0.176. The SMILES string of the molecule is O=C(OCc1ccccc1)N1CCC(CNC2CCC2)C1. The maximum Gasteiger partial charge on any atom is 0.410 e. The first-order valence-electron chi connectivity index (χ1n) is 8.00. The zero-order chi connectivity index (χ0) is 14.5. The molecule has 1 unspecified atom stereocenters. The van der Waals surface area contributed by atoms with Crippen molar-refractivity contribution >= 4 is 6.09 Å². The Morgan fingerprint density at radius 3 is 2.76 bits per heavy atom. The topological polar surface area (TPSA) is 41.6 Å². The van der Waals surface area contributed by atoms with E-state index in [2.05, 4.69) is 5.32 Å². The molecular formula is C17H24N2O2. The van der Waals surface area contributed by atoms with Crippen molar-refractivity contribution in [3.8, 4) is 0 Å². The summed E-state index contributed by atoms with van der Waals surface area (Å²) in [4.78, 5) is 13.9. The van der Waals surface area contributed by atoms with Crippen LogP contribution in [0, 0.1) is 5.92 Å². The Bertz CT molecular complexity index is 459. The second kappa shape index (κ2) is 6.94. The molecule has 2 aliphatic rings. The number of amides is 1. The molecule has 1 aliphatic heterocycles. The van der Waals surface area contributed by atoms with Gasteiger partial charge in [-0.15, -0.1) is 0 Å². The predicted molar refractivity (Wildman–Crippen MR) is 81.9 cm³/mol. The Hall–Kier alpha value is -1.55. The van der Waals surface area contributed by atoms with Gasteiger partial charge in [-0.3, -0.25) is 0 Å². The van der Waals surface area contributed by atoms with Crippen LogP contribution in [0.2, 0.25) is 0 Å². The average molecular weight is 288 g/mol. The van der Waals surface area contributed by atoms with Gasteiger partial charge in [-0.1, -0.05) is 36.8 Å². The Labute approximate surface area is 126 Å². The molecule has 1 heterocycles. The predicted octanol–water partition coefficient (Wildman–Crippen LogP) is 2.79. The number of nitrogens with one attached hydrogen (secondary N) is 1. The zero-order valence-electron chi connectivity index (χ0n) is 12.5. The molecule has 1 amide bonds. The maximum absolute atomic E-state index is 12.1. The molecule has 0 aromatic heterocycles. The van der Waals surface area contributed by atoms with Crippen LogP contribution in [0.25, 0.3) is 0 Å². The van der Waals surface area contributed by atoms with E-state index in [1.165, 1.54) is 19.3 Å². The summed E-state index contributed by atoms with van der Waals surface area (Å²) in [5.41, 5.74) is 1.04. The van der Waals surface area contributed by atoms with Gasteiger partial charge in [0.2, 0.25) is 0 Å². The van der Waals surface area contributed by atoms with Crippen molar-refractivity contribution in [3.63, 3.8) is 0 Å². The van der Waals surface area contributed by atoms with Gasteiger partial charge in [-0.25, -0.2) is 4.79 Å². The quantitative estimate of drug-likeness (QED) is 0.906. The van der Waals surface area contributed by atoms with Crippen LogP contribution in [0.5, 0.6) is 0 Å². The van der Waals surface area contributed by atoms with Crippen molar-refractivity contribution < 1.29 is 9.53 Å². The normalized spacial score (nSPS) is 22.1. The third-order valence-corrected chi connectivity index (χ3v) is 4.55. The molecule has 21 heavy (non-hydrogen) atoms. The lowest BCUT2D eigenvalue weighted by atomic mass is 9.92. The number of carbonyl (C=O) groups is 1. The fourth-order valence-electron chi connectivity index (χ4n) is 2.92. The lowest BCUT2D eigenvalue weighted by molar-refractivity contribution is 0.103. The second-order valence-corrected chi connectivity index (χ2v) is 6.18. The molecule has 1 saturated heterocycles. The van der Waals surface area contributed by atoms with Gasteiger partial charge in [0.15, 0.2) is 0 Å². The summed E-state index contributed by atoms with van der Waals surface area (Å²) in [5, 5.41) is 3.60. The number of rotatable bonds is 5. The molecule has 0 bridgehead atoms. The molecule has 1 N–H and O–H groups in total. The summed E-state index contributed by atoms with van der Waals surface area (Å²) < 4.78 is 5.38. The van der Waals surface area contributed by atoms with Gasteiger partial charge in [-0.2, -0.15) is 0 Å². The number of carbonyl (C=O) groups excluding carboxylic acids is 1. The van der Waals surface area contributed by atoms with Crippen LogP contribution in [0.1, 0.15) is 31.2 Å². The first kappa shape index (κ1) is 14.4. The molecule has 1 atom stereocenters. The molecule has 0 spiro atoms. The highest BCUT2D eigenvalue weighted by molar-refractivity contribution is 5.68. The summed E-state index contributed by atoms with van der Waals surface area (Å²) in [6.07, 6.45) is 4.90. The fourth-order valence-corrected chi connectivity index (χ4v) is 2.92. The zero-order valence-corrected chi connectivity index (χ0v) is 12.5. The van der Waals surface area contributed by atoms with E-state index >= 15 is 0 Å². The standard InChI is InChI=1S/C17H24N2O2/c20-17(21-13-14-5-2-1-3-6-14)19-10-9-15(12-19)11-18-16-7-4-8-16/h1-3,5-6,15-16,18H,4,7-13H2. The van der Waals surface area contributed by atoms with Crippen LogP contribution in [-0.2, 0) is 11.3 Å². The largest absolute Gasteiger partial charge is 0.445 e. The fraction of sp³-hybridized carbons (Fsp3) is 0.588. The first-order chi connectivity index (χ1) is 10.3. The van der Waals surface area contributed by atoms with Gasteiger partial charge in [0, 0.05) is 19.1 Å². The summed E-state index contributed by atoms with van der Waals surface area (Å²) in [5.74, 6) is 0.579. The highest BCUT2D eigenvalue weighted by Gasteiger charge is 2.28. The van der Waals surface area contributed by atoms with E-state index < -0.39 is 0 Å². The van der Waals surface area contributed by atoms with E-state index in [1.54, 1.807) is 0 Å². The monoisotopic (exact) mass is 288 g/mol.